The number of fused-ring (bicyclic) bond motifs is 1. The molecule has 0 saturated heterocycles. The molecule has 1 aliphatic rings. The van der Waals surface area contributed by atoms with Crippen LogP contribution in [0.2, 0.25) is 0 Å². The summed E-state index contributed by atoms with van der Waals surface area (Å²) in [5.41, 5.74) is 3.19. The van der Waals surface area contributed by atoms with Gasteiger partial charge in [0.25, 0.3) is 0 Å². The summed E-state index contributed by atoms with van der Waals surface area (Å²) in [6.45, 7) is 10.2. The number of aromatic amines is 1. The minimum atomic E-state index is 0.400. The molecule has 1 unspecified atom stereocenters. The Bertz CT molecular complexity index is 373. The van der Waals surface area contributed by atoms with Crippen LogP contribution in [-0.2, 0) is 12.8 Å². The average Bonchev–Trinajstić information content (AvgIpc) is 2.67. The minimum Gasteiger partial charge on any atom is -0.368 e. The standard InChI is InChI=1S/C14H25N3/c1-5-8-15-13-11-9-10(14(2,3)4)6-7-12(11)16-17-13/h10H,5-9H2,1-4H3,(H2,15,16,17). The van der Waals surface area contributed by atoms with Gasteiger partial charge in [-0.2, -0.15) is 5.10 Å². The third-order valence-electron chi connectivity index (χ3n) is 3.91. The Kier molecular flexibility index (Phi) is 3.45. The highest BCUT2D eigenvalue weighted by atomic mass is 15.2. The lowest BCUT2D eigenvalue weighted by atomic mass is 9.72. The zero-order valence-electron chi connectivity index (χ0n) is 11.6. The molecule has 0 aromatic carbocycles. The van der Waals surface area contributed by atoms with Crippen LogP contribution in [0.15, 0.2) is 0 Å². The predicted molar refractivity (Wildman–Crippen MR) is 72.3 cm³/mol. The molecule has 3 heteroatoms. The van der Waals surface area contributed by atoms with Crippen LogP contribution >= 0.6 is 0 Å². The maximum Gasteiger partial charge on any atom is 0.151 e. The van der Waals surface area contributed by atoms with Gasteiger partial charge < -0.3 is 5.32 Å². The number of aromatic nitrogens is 2. The first-order chi connectivity index (χ1) is 8.02. The third-order valence-corrected chi connectivity index (χ3v) is 3.91. The van der Waals surface area contributed by atoms with E-state index in [2.05, 4.69) is 43.2 Å². The number of aryl methyl sites for hydroxylation is 1. The van der Waals surface area contributed by atoms with Gasteiger partial charge in [-0.15, -0.1) is 0 Å². The van der Waals surface area contributed by atoms with E-state index in [0.717, 1.165) is 31.1 Å². The SMILES string of the molecule is CCCNc1n[nH]c2c1CC(C(C)(C)C)CC2. The number of H-pyrrole nitrogens is 1. The van der Waals surface area contributed by atoms with Crippen molar-refractivity contribution in [1.82, 2.24) is 10.2 Å². The van der Waals surface area contributed by atoms with E-state index in [1.807, 2.05) is 0 Å². The summed E-state index contributed by atoms with van der Waals surface area (Å²) in [6.07, 6.45) is 4.75. The van der Waals surface area contributed by atoms with Gasteiger partial charge in [-0.1, -0.05) is 27.7 Å². The number of hydrogen-bond donors (Lipinski definition) is 2. The molecule has 0 amide bonds. The topological polar surface area (TPSA) is 40.7 Å². The Labute approximate surface area is 104 Å². The smallest absolute Gasteiger partial charge is 0.151 e. The zero-order valence-corrected chi connectivity index (χ0v) is 11.6. The van der Waals surface area contributed by atoms with Gasteiger partial charge in [0.05, 0.1) is 0 Å². The highest BCUT2D eigenvalue weighted by molar-refractivity contribution is 5.47. The van der Waals surface area contributed by atoms with E-state index >= 15 is 0 Å². The molecule has 1 aliphatic carbocycles. The highest BCUT2D eigenvalue weighted by Crippen LogP contribution is 2.38. The van der Waals surface area contributed by atoms with Gasteiger partial charge in [0.15, 0.2) is 5.82 Å². The molecule has 1 atom stereocenters. The fraction of sp³-hybridized carbons (Fsp3) is 0.786. The third kappa shape index (κ3) is 2.64. The first-order valence-electron chi connectivity index (χ1n) is 6.82. The van der Waals surface area contributed by atoms with Crippen LogP contribution < -0.4 is 5.32 Å². The van der Waals surface area contributed by atoms with Crippen molar-refractivity contribution in [2.45, 2.75) is 53.4 Å². The molecule has 1 aromatic rings. The molecule has 0 saturated carbocycles. The fourth-order valence-corrected chi connectivity index (χ4v) is 2.62. The lowest BCUT2D eigenvalue weighted by Gasteiger charge is -2.33. The van der Waals surface area contributed by atoms with Crippen molar-refractivity contribution in [2.24, 2.45) is 11.3 Å². The second kappa shape index (κ2) is 4.71. The molecule has 0 radical (unpaired) electrons. The number of anilines is 1. The molecule has 17 heavy (non-hydrogen) atoms. The van der Waals surface area contributed by atoms with Gasteiger partial charge in [0, 0.05) is 17.8 Å². The summed E-state index contributed by atoms with van der Waals surface area (Å²) in [7, 11) is 0. The summed E-state index contributed by atoms with van der Waals surface area (Å²) >= 11 is 0. The Morgan fingerprint density at radius 2 is 2.18 bits per heavy atom. The van der Waals surface area contributed by atoms with Crippen molar-refractivity contribution >= 4 is 5.82 Å². The molecular weight excluding hydrogens is 210 g/mol. The van der Waals surface area contributed by atoms with Gasteiger partial charge in [-0.05, 0) is 37.0 Å². The Balaban J connectivity index is 2.14. The van der Waals surface area contributed by atoms with Crippen molar-refractivity contribution < 1.29 is 0 Å². The lowest BCUT2D eigenvalue weighted by molar-refractivity contribution is 0.216. The first kappa shape index (κ1) is 12.5. The summed E-state index contributed by atoms with van der Waals surface area (Å²) in [6, 6.07) is 0. The van der Waals surface area contributed by atoms with Crippen molar-refractivity contribution in [3.63, 3.8) is 0 Å². The molecule has 3 nitrogen and oxygen atoms in total. The quantitative estimate of drug-likeness (QED) is 0.843. The number of nitrogens with zero attached hydrogens (tertiary/aromatic N) is 1. The molecule has 96 valence electrons. The normalized spacial score (nSPS) is 20.1. The van der Waals surface area contributed by atoms with Crippen LogP contribution in [0.5, 0.6) is 0 Å². The van der Waals surface area contributed by atoms with Gasteiger partial charge in [0.2, 0.25) is 0 Å². The fourth-order valence-electron chi connectivity index (χ4n) is 2.62. The molecule has 0 spiro atoms. The van der Waals surface area contributed by atoms with Gasteiger partial charge in [0.1, 0.15) is 0 Å². The monoisotopic (exact) mass is 235 g/mol. The molecule has 2 N–H and O–H groups in total. The van der Waals surface area contributed by atoms with E-state index < -0.39 is 0 Å². The largest absolute Gasteiger partial charge is 0.368 e. The molecule has 2 rings (SSSR count). The van der Waals surface area contributed by atoms with Crippen molar-refractivity contribution in [1.29, 1.82) is 0 Å². The Hall–Kier alpha value is -0.990. The van der Waals surface area contributed by atoms with E-state index in [4.69, 9.17) is 0 Å². The Morgan fingerprint density at radius 1 is 1.41 bits per heavy atom. The second-order valence-corrected chi connectivity index (χ2v) is 6.26. The minimum absolute atomic E-state index is 0.400. The van der Waals surface area contributed by atoms with Crippen molar-refractivity contribution in [2.75, 3.05) is 11.9 Å². The van der Waals surface area contributed by atoms with Crippen LogP contribution in [0, 0.1) is 11.3 Å². The van der Waals surface area contributed by atoms with Crippen molar-refractivity contribution in [3.05, 3.63) is 11.3 Å². The van der Waals surface area contributed by atoms with E-state index in [0.29, 0.717) is 5.41 Å². The summed E-state index contributed by atoms with van der Waals surface area (Å²) < 4.78 is 0. The predicted octanol–water partition coefficient (Wildman–Crippen LogP) is 3.38. The molecule has 0 fully saturated rings. The van der Waals surface area contributed by atoms with E-state index in [-0.39, 0.29) is 0 Å². The molecule has 0 aliphatic heterocycles. The van der Waals surface area contributed by atoms with E-state index in [1.54, 1.807) is 0 Å². The molecular formula is C14H25N3. The number of rotatable bonds is 3. The summed E-state index contributed by atoms with van der Waals surface area (Å²) in [5, 5.41) is 11.0. The number of nitrogens with one attached hydrogen (secondary N) is 2. The van der Waals surface area contributed by atoms with Gasteiger partial charge >= 0.3 is 0 Å². The van der Waals surface area contributed by atoms with Crippen molar-refractivity contribution in [3.8, 4) is 0 Å². The van der Waals surface area contributed by atoms with Crippen LogP contribution in [0.25, 0.3) is 0 Å². The maximum absolute atomic E-state index is 4.42. The maximum atomic E-state index is 4.42. The van der Waals surface area contributed by atoms with Crippen LogP contribution in [0.1, 0.15) is 51.8 Å². The molecule has 0 bridgehead atoms. The molecule has 1 heterocycles. The number of hydrogen-bond acceptors (Lipinski definition) is 2. The van der Waals surface area contributed by atoms with E-state index in [1.165, 1.54) is 24.1 Å². The summed E-state index contributed by atoms with van der Waals surface area (Å²) in [4.78, 5) is 0. The summed E-state index contributed by atoms with van der Waals surface area (Å²) in [5.74, 6) is 1.87. The van der Waals surface area contributed by atoms with Gasteiger partial charge in [-0.25, -0.2) is 0 Å². The second-order valence-electron chi connectivity index (χ2n) is 6.26. The van der Waals surface area contributed by atoms with Crippen LogP contribution in [0.3, 0.4) is 0 Å². The van der Waals surface area contributed by atoms with Crippen LogP contribution in [0.4, 0.5) is 5.82 Å². The highest BCUT2D eigenvalue weighted by Gasteiger charge is 2.31. The Morgan fingerprint density at radius 3 is 2.82 bits per heavy atom. The van der Waals surface area contributed by atoms with Crippen LogP contribution in [-0.4, -0.2) is 16.7 Å². The molecule has 1 aromatic heterocycles. The lowest BCUT2D eigenvalue weighted by Crippen LogP contribution is -2.27. The zero-order chi connectivity index (χ0) is 12.5. The van der Waals surface area contributed by atoms with E-state index in [9.17, 15) is 0 Å². The first-order valence-corrected chi connectivity index (χ1v) is 6.82. The van der Waals surface area contributed by atoms with Gasteiger partial charge in [-0.3, -0.25) is 5.10 Å². The average molecular weight is 235 g/mol.